The molecule has 100 valence electrons. The number of para-hydroxylation sites is 1. The fraction of sp³-hybridized carbons (Fsp3) is 0.176. The zero-order valence-electron chi connectivity index (χ0n) is 11.5. The highest BCUT2D eigenvalue weighted by atomic mass is 16.5. The van der Waals surface area contributed by atoms with Gasteiger partial charge in [0.1, 0.15) is 0 Å². The molecule has 0 bridgehead atoms. The van der Waals surface area contributed by atoms with Crippen molar-refractivity contribution in [3.05, 3.63) is 54.1 Å². The normalized spacial score (nSPS) is 11.2. The van der Waals surface area contributed by atoms with Crippen molar-refractivity contribution in [1.82, 2.24) is 4.98 Å². The first kappa shape index (κ1) is 12.6. The highest BCUT2D eigenvalue weighted by Gasteiger charge is 2.10. The topological polar surface area (TPSA) is 39.2 Å². The summed E-state index contributed by atoms with van der Waals surface area (Å²) in [4.78, 5) is 16.5. The Kier molecular flexibility index (Phi) is 3.11. The maximum Gasteiger partial charge on any atom is 0.338 e. The minimum Gasteiger partial charge on any atom is -0.459 e. The summed E-state index contributed by atoms with van der Waals surface area (Å²) in [5, 5.41) is 2.11. The van der Waals surface area contributed by atoms with E-state index in [0.29, 0.717) is 5.56 Å². The largest absolute Gasteiger partial charge is 0.459 e. The Hall–Kier alpha value is -2.42. The first-order valence-electron chi connectivity index (χ1n) is 6.64. The zero-order valence-corrected chi connectivity index (χ0v) is 11.5. The summed E-state index contributed by atoms with van der Waals surface area (Å²) in [6, 6.07) is 15.5. The van der Waals surface area contributed by atoms with Crippen LogP contribution in [0.3, 0.4) is 0 Å². The van der Waals surface area contributed by atoms with Gasteiger partial charge in [0.05, 0.1) is 22.7 Å². The number of pyridine rings is 1. The fourth-order valence-corrected chi connectivity index (χ4v) is 2.18. The number of carbonyl (C=O) groups excluding carboxylic acids is 1. The number of hydrogen-bond acceptors (Lipinski definition) is 3. The Labute approximate surface area is 117 Å². The van der Waals surface area contributed by atoms with Gasteiger partial charge in [-0.3, -0.25) is 0 Å². The summed E-state index contributed by atoms with van der Waals surface area (Å²) in [7, 11) is 0. The average Bonchev–Trinajstić information content (AvgIpc) is 2.43. The van der Waals surface area contributed by atoms with Crippen LogP contribution in [0.2, 0.25) is 0 Å². The van der Waals surface area contributed by atoms with Crippen LogP contribution in [0.15, 0.2) is 48.5 Å². The Bertz CT molecular complexity index is 793. The summed E-state index contributed by atoms with van der Waals surface area (Å²) in [6.45, 7) is 3.68. The van der Waals surface area contributed by atoms with Crippen LogP contribution >= 0.6 is 0 Å². The molecule has 0 N–H and O–H groups in total. The molecule has 2 aromatic carbocycles. The minimum atomic E-state index is -0.308. The first-order chi connectivity index (χ1) is 9.63. The Morgan fingerprint density at radius 1 is 1.00 bits per heavy atom. The lowest BCUT2D eigenvalue weighted by atomic mass is 10.1. The average molecular weight is 265 g/mol. The maximum absolute atomic E-state index is 11.9. The van der Waals surface area contributed by atoms with E-state index in [1.165, 1.54) is 0 Å². The van der Waals surface area contributed by atoms with E-state index in [0.717, 1.165) is 21.8 Å². The third kappa shape index (κ3) is 2.35. The molecule has 0 fully saturated rings. The summed E-state index contributed by atoms with van der Waals surface area (Å²) < 4.78 is 5.21. The van der Waals surface area contributed by atoms with Gasteiger partial charge in [-0.15, -0.1) is 0 Å². The quantitative estimate of drug-likeness (QED) is 0.520. The number of fused-ring (bicyclic) bond motifs is 2. The highest BCUT2D eigenvalue weighted by Crippen LogP contribution is 2.21. The van der Waals surface area contributed by atoms with Gasteiger partial charge in [0.15, 0.2) is 0 Å². The van der Waals surface area contributed by atoms with Crippen molar-refractivity contribution >= 4 is 27.8 Å². The maximum atomic E-state index is 11.9. The number of ether oxygens (including phenoxy) is 1. The second kappa shape index (κ2) is 4.93. The molecule has 0 aliphatic heterocycles. The van der Waals surface area contributed by atoms with Gasteiger partial charge >= 0.3 is 5.97 Å². The van der Waals surface area contributed by atoms with Gasteiger partial charge in [0, 0.05) is 10.8 Å². The smallest absolute Gasteiger partial charge is 0.338 e. The molecule has 0 radical (unpaired) electrons. The number of nitrogens with zero attached hydrogens (tertiary/aromatic N) is 1. The third-order valence-corrected chi connectivity index (χ3v) is 3.10. The van der Waals surface area contributed by atoms with Gasteiger partial charge in [0.2, 0.25) is 0 Å². The standard InChI is InChI=1S/C17H15NO2/c1-11(2)20-17(19)14-8-7-13-9-12-5-3-4-6-15(12)18-16(13)10-14/h3-11H,1-2H3. The number of rotatable bonds is 2. The van der Waals surface area contributed by atoms with Crippen molar-refractivity contribution < 1.29 is 9.53 Å². The fourth-order valence-electron chi connectivity index (χ4n) is 2.18. The van der Waals surface area contributed by atoms with Crippen LogP contribution in [0.1, 0.15) is 24.2 Å². The second-order valence-corrected chi connectivity index (χ2v) is 5.04. The molecular formula is C17H15NO2. The molecule has 0 saturated carbocycles. The lowest BCUT2D eigenvalue weighted by Gasteiger charge is -2.08. The van der Waals surface area contributed by atoms with Crippen LogP contribution in [-0.4, -0.2) is 17.1 Å². The molecular weight excluding hydrogens is 250 g/mol. The number of esters is 1. The van der Waals surface area contributed by atoms with Crippen LogP contribution in [0, 0.1) is 0 Å². The molecule has 3 rings (SSSR count). The van der Waals surface area contributed by atoms with E-state index in [9.17, 15) is 4.79 Å². The van der Waals surface area contributed by atoms with E-state index in [-0.39, 0.29) is 12.1 Å². The molecule has 1 heterocycles. The van der Waals surface area contributed by atoms with E-state index in [1.807, 2.05) is 44.2 Å². The van der Waals surface area contributed by atoms with Crippen molar-refractivity contribution in [3.63, 3.8) is 0 Å². The minimum absolute atomic E-state index is 0.122. The van der Waals surface area contributed by atoms with Crippen LogP contribution in [0.5, 0.6) is 0 Å². The van der Waals surface area contributed by atoms with Gasteiger partial charge in [-0.1, -0.05) is 24.3 Å². The molecule has 0 atom stereocenters. The molecule has 0 unspecified atom stereocenters. The van der Waals surface area contributed by atoms with Gasteiger partial charge in [0.25, 0.3) is 0 Å². The SMILES string of the molecule is CC(C)OC(=O)c1ccc2cc3ccccc3nc2c1. The van der Waals surface area contributed by atoms with Gasteiger partial charge in [-0.25, -0.2) is 9.78 Å². The van der Waals surface area contributed by atoms with Gasteiger partial charge in [-0.2, -0.15) is 0 Å². The predicted octanol–water partition coefficient (Wildman–Crippen LogP) is 3.95. The van der Waals surface area contributed by atoms with E-state index in [1.54, 1.807) is 12.1 Å². The zero-order chi connectivity index (χ0) is 14.1. The monoisotopic (exact) mass is 265 g/mol. The molecule has 20 heavy (non-hydrogen) atoms. The molecule has 0 saturated heterocycles. The summed E-state index contributed by atoms with van der Waals surface area (Å²) in [6.07, 6.45) is -0.122. The summed E-state index contributed by atoms with van der Waals surface area (Å²) in [5.74, 6) is -0.308. The molecule has 0 amide bonds. The lowest BCUT2D eigenvalue weighted by molar-refractivity contribution is 0.0378. The number of carbonyl (C=O) groups is 1. The van der Waals surface area contributed by atoms with E-state index >= 15 is 0 Å². The van der Waals surface area contributed by atoms with E-state index in [2.05, 4.69) is 11.1 Å². The van der Waals surface area contributed by atoms with E-state index in [4.69, 9.17) is 4.74 Å². The second-order valence-electron chi connectivity index (χ2n) is 5.04. The third-order valence-electron chi connectivity index (χ3n) is 3.10. The molecule has 3 nitrogen and oxygen atoms in total. The number of aromatic nitrogens is 1. The summed E-state index contributed by atoms with van der Waals surface area (Å²) in [5.41, 5.74) is 2.27. The van der Waals surface area contributed by atoms with Gasteiger partial charge in [-0.05, 0) is 38.1 Å². The van der Waals surface area contributed by atoms with Crippen molar-refractivity contribution in [1.29, 1.82) is 0 Å². The number of benzene rings is 2. The van der Waals surface area contributed by atoms with E-state index < -0.39 is 0 Å². The van der Waals surface area contributed by atoms with Gasteiger partial charge < -0.3 is 4.74 Å². The molecule has 1 aromatic heterocycles. The Morgan fingerprint density at radius 2 is 1.75 bits per heavy atom. The van der Waals surface area contributed by atoms with Crippen LogP contribution in [-0.2, 0) is 4.74 Å². The Balaban J connectivity index is 2.10. The van der Waals surface area contributed by atoms with Crippen LogP contribution < -0.4 is 0 Å². The van der Waals surface area contributed by atoms with Crippen molar-refractivity contribution in [2.45, 2.75) is 20.0 Å². The Morgan fingerprint density at radius 3 is 2.55 bits per heavy atom. The lowest BCUT2D eigenvalue weighted by Crippen LogP contribution is -2.11. The van der Waals surface area contributed by atoms with Crippen molar-refractivity contribution in [3.8, 4) is 0 Å². The molecule has 0 spiro atoms. The van der Waals surface area contributed by atoms with Crippen molar-refractivity contribution in [2.24, 2.45) is 0 Å². The van der Waals surface area contributed by atoms with Crippen LogP contribution in [0.4, 0.5) is 0 Å². The predicted molar refractivity (Wildman–Crippen MR) is 79.8 cm³/mol. The molecule has 3 heteroatoms. The summed E-state index contributed by atoms with van der Waals surface area (Å²) >= 11 is 0. The molecule has 0 aliphatic carbocycles. The molecule has 0 aliphatic rings. The number of hydrogen-bond donors (Lipinski definition) is 0. The van der Waals surface area contributed by atoms with Crippen molar-refractivity contribution in [2.75, 3.05) is 0 Å². The van der Waals surface area contributed by atoms with Crippen LogP contribution in [0.25, 0.3) is 21.8 Å². The highest BCUT2D eigenvalue weighted by molar-refractivity contribution is 5.98. The molecule has 3 aromatic rings. The first-order valence-corrected chi connectivity index (χ1v) is 6.64.